The number of amides is 1. The number of benzene rings is 3. The van der Waals surface area contributed by atoms with Crippen molar-refractivity contribution in [3.05, 3.63) is 88.4 Å². The van der Waals surface area contributed by atoms with Crippen LogP contribution in [0.5, 0.6) is 11.5 Å². The summed E-state index contributed by atoms with van der Waals surface area (Å²) in [6, 6.07) is 18.7. The summed E-state index contributed by atoms with van der Waals surface area (Å²) < 4.78 is 15.9. The third-order valence-electron chi connectivity index (χ3n) is 4.34. The second kappa shape index (κ2) is 9.80. The SMILES string of the molecule is COC(=O)c1ccccc1NC(=O)c1ccc(OC)c(COc2ccccc2Cl)c1. The Morgan fingerprint density at radius 3 is 2.40 bits per heavy atom. The maximum atomic E-state index is 12.8. The fourth-order valence-corrected chi connectivity index (χ4v) is 3.01. The predicted molar refractivity (Wildman–Crippen MR) is 115 cm³/mol. The smallest absolute Gasteiger partial charge is 0.339 e. The highest BCUT2D eigenvalue weighted by molar-refractivity contribution is 6.32. The summed E-state index contributed by atoms with van der Waals surface area (Å²) in [6.45, 7) is 0.159. The van der Waals surface area contributed by atoms with E-state index in [2.05, 4.69) is 5.32 Å². The Morgan fingerprint density at radius 2 is 1.67 bits per heavy atom. The summed E-state index contributed by atoms with van der Waals surface area (Å²) in [6.07, 6.45) is 0. The van der Waals surface area contributed by atoms with Gasteiger partial charge in [-0.2, -0.15) is 0 Å². The van der Waals surface area contributed by atoms with Gasteiger partial charge in [-0.15, -0.1) is 0 Å². The number of esters is 1. The first kappa shape index (κ1) is 21.2. The molecular weight excluding hydrogens is 406 g/mol. The van der Waals surface area contributed by atoms with Gasteiger partial charge in [-0.3, -0.25) is 4.79 Å². The predicted octanol–water partition coefficient (Wildman–Crippen LogP) is 4.97. The fourth-order valence-electron chi connectivity index (χ4n) is 2.82. The molecule has 0 fully saturated rings. The molecule has 30 heavy (non-hydrogen) atoms. The molecule has 154 valence electrons. The van der Waals surface area contributed by atoms with Crippen molar-refractivity contribution >= 4 is 29.2 Å². The van der Waals surface area contributed by atoms with E-state index in [0.717, 1.165) is 0 Å². The summed E-state index contributed by atoms with van der Waals surface area (Å²) in [4.78, 5) is 24.7. The van der Waals surface area contributed by atoms with Gasteiger partial charge in [-0.25, -0.2) is 4.79 Å². The van der Waals surface area contributed by atoms with Gasteiger partial charge >= 0.3 is 5.97 Å². The van der Waals surface area contributed by atoms with Crippen molar-refractivity contribution in [3.63, 3.8) is 0 Å². The third-order valence-corrected chi connectivity index (χ3v) is 4.66. The van der Waals surface area contributed by atoms with Crippen molar-refractivity contribution in [2.45, 2.75) is 6.61 Å². The molecule has 0 unspecified atom stereocenters. The van der Waals surface area contributed by atoms with E-state index >= 15 is 0 Å². The maximum absolute atomic E-state index is 12.8. The molecule has 0 aliphatic heterocycles. The Bertz CT molecular complexity index is 1070. The topological polar surface area (TPSA) is 73.9 Å². The molecule has 0 saturated heterocycles. The summed E-state index contributed by atoms with van der Waals surface area (Å²) in [7, 11) is 2.83. The van der Waals surface area contributed by atoms with Crippen molar-refractivity contribution < 1.29 is 23.8 Å². The summed E-state index contributed by atoms with van der Waals surface area (Å²) in [5, 5.41) is 3.24. The van der Waals surface area contributed by atoms with Crippen molar-refractivity contribution in [1.82, 2.24) is 0 Å². The molecule has 0 aliphatic rings. The fraction of sp³-hybridized carbons (Fsp3) is 0.130. The number of carbonyl (C=O) groups excluding carboxylic acids is 2. The molecule has 0 atom stereocenters. The molecule has 0 heterocycles. The first-order valence-corrected chi connectivity index (χ1v) is 9.44. The van der Waals surface area contributed by atoms with Crippen molar-refractivity contribution in [3.8, 4) is 11.5 Å². The quantitative estimate of drug-likeness (QED) is 0.541. The Labute approximate surface area is 179 Å². The second-order valence-electron chi connectivity index (χ2n) is 6.24. The van der Waals surface area contributed by atoms with Crippen LogP contribution in [0.3, 0.4) is 0 Å². The van der Waals surface area contributed by atoms with E-state index in [0.29, 0.717) is 33.3 Å². The maximum Gasteiger partial charge on any atom is 0.339 e. The Morgan fingerprint density at radius 1 is 0.933 bits per heavy atom. The van der Waals surface area contributed by atoms with Gasteiger partial charge in [0.05, 0.1) is 30.5 Å². The van der Waals surface area contributed by atoms with Crippen molar-refractivity contribution in [2.24, 2.45) is 0 Å². The lowest BCUT2D eigenvalue weighted by Gasteiger charge is -2.14. The zero-order valence-electron chi connectivity index (χ0n) is 16.5. The number of ether oxygens (including phenoxy) is 3. The van der Waals surface area contributed by atoms with Crippen LogP contribution in [0, 0.1) is 0 Å². The van der Waals surface area contributed by atoms with Crippen molar-refractivity contribution in [1.29, 1.82) is 0 Å². The van der Waals surface area contributed by atoms with Gasteiger partial charge in [-0.1, -0.05) is 35.9 Å². The third kappa shape index (κ3) is 4.90. The van der Waals surface area contributed by atoms with Crippen LogP contribution in [-0.2, 0) is 11.3 Å². The molecule has 3 aromatic rings. The summed E-state index contributed by atoms with van der Waals surface area (Å²) in [5.74, 6) is 0.194. The second-order valence-corrected chi connectivity index (χ2v) is 6.64. The van der Waals surface area contributed by atoms with E-state index in [9.17, 15) is 9.59 Å². The highest BCUT2D eigenvalue weighted by atomic mass is 35.5. The lowest BCUT2D eigenvalue weighted by molar-refractivity contribution is 0.0602. The largest absolute Gasteiger partial charge is 0.496 e. The molecule has 6 nitrogen and oxygen atoms in total. The number of carbonyl (C=O) groups is 2. The van der Waals surface area contributed by atoms with E-state index in [1.165, 1.54) is 7.11 Å². The number of anilines is 1. The van der Waals surface area contributed by atoms with Crippen LogP contribution < -0.4 is 14.8 Å². The molecule has 0 aliphatic carbocycles. The van der Waals surface area contributed by atoms with Gasteiger partial charge in [0.25, 0.3) is 5.91 Å². The molecule has 3 aromatic carbocycles. The number of rotatable bonds is 7. The highest BCUT2D eigenvalue weighted by Gasteiger charge is 2.16. The van der Waals surface area contributed by atoms with E-state index in [1.54, 1.807) is 61.7 Å². The summed E-state index contributed by atoms with van der Waals surface area (Å²) in [5.41, 5.74) is 1.68. The van der Waals surface area contributed by atoms with Crippen LogP contribution in [-0.4, -0.2) is 26.1 Å². The minimum atomic E-state index is -0.533. The minimum absolute atomic E-state index is 0.159. The zero-order chi connectivity index (χ0) is 21.5. The van der Waals surface area contributed by atoms with E-state index in [1.807, 2.05) is 12.1 Å². The van der Waals surface area contributed by atoms with E-state index < -0.39 is 5.97 Å². The molecule has 7 heteroatoms. The van der Waals surface area contributed by atoms with Crippen LogP contribution in [0.2, 0.25) is 5.02 Å². The van der Waals surface area contributed by atoms with Crippen LogP contribution in [0.1, 0.15) is 26.3 Å². The lowest BCUT2D eigenvalue weighted by atomic mass is 10.1. The first-order chi connectivity index (χ1) is 14.5. The van der Waals surface area contributed by atoms with E-state index in [-0.39, 0.29) is 18.1 Å². The monoisotopic (exact) mass is 425 g/mol. The molecule has 1 N–H and O–H groups in total. The number of para-hydroxylation sites is 2. The van der Waals surface area contributed by atoms with Crippen LogP contribution >= 0.6 is 11.6 Å². The van der Waals surface area contributed by atoms with Crippen molar-refractivity contribution in [2.75, 3.05) is 19.5 Å². The number of hydrogen-bond acceptors (Lipinski definition) is 5. The number of halogens is 1. The first-order valence-electron chi connectivity index (χ1n) is 9.06. The Hall–Kier alpha value is -3.51. The minimum Gasteiger partial charge on any atom is -0.496 e. The normalized spacial score (nSPS) is 10.2. The van der Waals surface area contributed by atoms with Gasteiger partial charge in [0.1, 0.15) is 18.1 Å². The lowest BCUT2D eigenvalue weighted by Crippen LogP contribution is -2.16. The zero-order valence-corrected chi connectivity index (χ0v) is 17.2. The molecule has 0 saturated carbocycles. The number of methoxy groups -OCH3 is 2. The molecule has 0 bridgehead atoms. The number of nitrogens with one attached hydrogen (secondary N) is 1. The molecule has 0 spiro atoms. The average molecular weight is 426 g/mol. The molecule has 1 amide bonds. The van der Waals surface area contributed by atoms with Gasteiger partial charge in [-0.05, 0) is 42.5 Å². The Balaban J connectivity index is 1.81. The van der Waals surface area contributed by atoms with E-state index in [4.69, 9.17) is 25.8 Å². The Kier molecular flexibility index (Phi) is 6.93. The van der Waals surface area contributed by atoms with Crippen LogP contribution in [0.4, 0.5) is 5.69 Å². The van der Waals surface area contributed by atoms with Gasteiger partial charge in [0.15, 0.2) is 0 Å². The highest BCUT2D eigenvalue weighted by Crippen LogP contribution is 2.27. The molecular formula is C23H20ClNO5. The molecule has 3 rings (SSSR count). The van der Waals surface area contributed by atoms with Gasteiger partial charge in [0.2, 0.25) is 0 Å². The molecule has 0 aromatic heterocycles. The van der Waals surface area contributed by atoms with Gasteiger partial charge in [0, 0.05) is 11.1 Å². The average Bonchev–Trinajstić information content (AvgIpc) is 2.78. The van der Waals surface area contributed by atoms with Gasteiger partial charge < -0.3 is 19.5 Å². The summed E-state index contributed by atoms with van der Waals surface area (Å²) >= 11 is 6.13. The standard InChI is InChI=1S/C23H20ClNO5/c1-28-20-12-11-15(13-16(20)14-30-21-10-6-4-8-18(21)24)22(26)25-19-9-5-3-7-17(19)23(27)29-2/h3-13H,14H2,1-2H3,(H,25,26). The van der Waals surface area contributed by atoms with Crippen LogP contribution in [0.15, 0.2) is 66.7 Å². The number of hydrogen-bond donors (Lipinski definition) is 1. The van der Waals surface area contributed by atoms with Crippen LogP contribution in [0.25, 0.3) is 0 Å². The molecule has 0 radical (unpaired) electrons.